The molecular weight excluding hydrogens is 358 g/mol. The van der Waals surface area contributed by atoms with Crippen LogP contribution in [0.25, 0.3) is 11.3 Å². The Kier molecular flexibility index (Phi) is 4.89. The number of anilines is 1. The third-order valence-electron chi connectivity index (χ3n) is 4.44. The quantitative estimate of drug-likeness (QED) is 0.751. The summed E-state index contributed by atoms with van der Waals surface area (Å²) in [6.07, 6.45) is 2.54. The molecule has 1 aliphatic rings. The number of amides is 1. The summed E-state index contributed by atoms with van der Waals surface area (Å²) in [6.45, 7) is 1.23. The normalized spacial score (nSPS) is 12.9. The van der Waals surface area contributed by atoms with Crippen LogP contribution in [0.15, 0.2) is 48.7 Å². The molecule has 0 saturated heterocycles. The number of benzene rings is 2. The summed E-state index contributed by atoms with van der Waals surface area (Å²) >= 11 is 0. The first-order chi connectivity index (χ1) is 13.6. The van der Waals surface area contributed by atoms with Crippen molar-refractivity contribution in [1.29, 1.82) is 0 Å². The molecule has 7 nitrogen and oxygen atoms in total. The third-order valence-corrected chi connectivity index (χ3v) is 4.44. The Morgan fingerprint density at radius 2 is 1.86 bits per heavy atom. The fourth-order valence-corrected chi connectivity index (χ4v) is 3.05. The summed E-state index contributed by atoms with van der Waals surface area (Å²) in [5.41, 5.74) is 2.54. The van der Waals surface area contributed by atoms with Crippen LogP contribution in [0.5, 0.6) is 17.2 Å². The maximum Gasteiger partial charge on any atom is 0.259 e. The van der Waals surface area contributed by atoms with Crippen molar-refractivity contribution in [3.05, 3.63) is 54.2 Å². The predicted molar refractivity (Wildman–Crippen MR) is 105 cm³/mol. The second-order valence-corrected chi connectivity index (χ2v) is 6.46. The van der Waals surface area contributed by atoms with E-state index in [1.807, 2.05) is 18.2 Å². The molecule has 144 valence electrons. The Labute approximate surface area is 162 Å². The highest BCUT2D eigenvalue weighted by Gasteiger charge is 2.20. The maximum atomic E-state index is 12.9. The van der Waals surface area contributed by atoms with Crippen molar-refractivity contribution < 1.29 is 19.0 Å². The summed E-state index contributed by atoms with van der Waals surface area (Å²) < 4.78 is 18.2. The zero-order chi connectivity index (χ0) is 19.5. The van der Waals surface area contributed by atoms with Gasteiger partial charge < -0.3 is 19.5 Å². The fourth-order valence-electron chi connectivity index (χ4n) is 3.05. The standard InChI is InChI=1S/C21H21N3O4/c1-24-13-17(21(25)22-15-5-7-16(26-2)8-6-15)20(23-24)14-4-9-18-19(12-14)28-11-3-10-27-18/h4-9,12-13H,3,10-11H2,1-2H3,(H,22,25). The van der Waals surface area contributed by atoms with Crippen LogP contribution in [0.1, 0.15) is 16.8 Å². The number of fused-ring (bicyclic) bond motifs is 1. The summed E-state index contributed by atoms with van der Waals surface area (Å²) in [5.74, 6) is 1.87. The largest absolute Gasteiger partial charge is 0.497 e. The zero-order valence-electron chi connectivity index (χ0n) is 15.8. The van der Waals surface area contributed by atoms with Gasteiger partial charge in [0.15, 0.2) is 11.5 Å². The number of hydrogen-bond acceptors (Lipinski definition) is 5. The van der Waals surface area contributed by atoms with Gasteiger partial charge in [-0.1, -0.05) is 0 Å². The van der Waals surface area contributed by atoms with E-state index in [-0.39, 0.29) is 5.91 Å². The first-order valence-corrected chi connectivity index (χ1v) is 9.03. The molecule has 7 heteroatoms. The zero-order valence-corrected chi connectivity index (χ0v) is 15.8. The number of carbonyl (C=O) groups is 1. The van der Waals surface area contributed by atoms with Crippen molar-refractivity contribution in [1.82, 2.24) is 9.78 Å². The van der Waals surface area contributed by atoms with Crippen LogP contribution < -0.4 is 19.5 Å². The molecule has 3 aromatic rings. The van der Waals surface area contributed by atoms with E-state index in [4.69, 9.17) is 14.2 Å². The fraction of sp³-hybridized carbons (Fsp3) is 0.238. The van der Waals surface area contributed by atoms with E-state index in [9.17, 15) is 4.79 Å². The lowest BCUT2D eigenvalue weighted by Crippen LogP contribution is -2.12. The molecule has 0 atom stereocenters. The van der Waals surface area contributed by atoms with Crippen LogP contribution in [-0.4, -0.2) is 36.0 Å². The SMILES string of the molecule is COc1ccc(NC(=O)c2cn(C)nc2-c2ccc3c(c2)OCCCO3)cc1. The smallest absolute Gasteiger partial charge is 0.259 e. The van der Waals surface area contributed by atoms with Gasteiger partial charge in [0.2, 0.25) is 0 Å². The molecule has 1 N–H and O–H groups in total. The highest BCUT2D eigenvalue weighted by Crippen LogP contribution is 2.35. The Balaban J connectivity index is 1.63. The maximum absolute atomic E-state index is 12.9. The molecule has 1 aliphatic heterocycles. The summed E-state index contributed by atoms with van der Waals surface area (Å²) in [6, 6.07) is 12.8. The second-order valence-electron chi connectivity index (χ2n) is 6.46. The van der Waals surface area contributed by atoms with Gasteiger partial charge in [-0.3, -0.25) is 9.48 Å². The number of hydrogen-bond donors (Lipinski definition) is 1. The molecular formula is C21H21N3O4. The molecule has 2 aromatic carbocycles. The minimum atomic E-state index is -0.236. The van der Waals surface area contributed by atoms with Crippen molar-refractivity contribution in [2.75, 3.05) is 25.6 Å². The number of nitrogens with zero attached hydrogens (tertiary/aromatic N) is 2. The van der Waals surface area contributed by atoms with E-state index in [2.05, 4.69) is 10.4 Å². The van der Waals surface area contributed by atoms with Gasteiger partial charge in [0.25, 0.3) is 5.91 Å². The third kappa shape index (κ3) is 3.64. The second kappa shape index (κ2) is 7.64. The van der Waals surface area contributed by atoms with Gasteiger partial charge in [-0.2, -0.15) is 5.10 Å². The lowest BCUT2D eigenvalue weighted by molar-refractivity contribution is 0.102. The molecule has 0 unspecified atom stereocenters. The monoisotopic (exact) mass is 379 g/mol. The van der Waals surface area contributed by atoms with E-state index in [1.54, 1.807) is 49.3 Å². The van der Waals surface area contributed by atoms with Crippen LogP contribution in [-0.2, 0) is 7.05 Å². The van der Waals surface area contributed by atoms with Gasteiger partial charge in [0, 0.05) is 30.9 Å². The van der Waals surface area contributed by atoms with Crippen LogP contribution in [0.3, 0.4) is 0 Å². The molecule has 2 heterocycles. The Hall–Kier alpha value is -3.48. The highest BCUT2D eigenvalue weighted by atomic mass is 16.5. The van der Waals surface area contributed by atoms with Crippen LogP contribution >= 0.6 is 0 Å². The van der Waals surface area contributed by atoms with Crippen molar-refractivity contribution >= 4 is 11.6 Å². The molecule has 0 bridgehead atoms. The Bertz CT molecular complexity index is 995. The number of nitrogens with one attached hydrogen (secondary N) is 1. The highest BCUT2D eigenvalue weighted by molar-refractivity contribution is 6.08. The lowest BCUT2D eigenvalue weighted by atomic mass is 10.1. The van der Waals surface area contributed by atoms with E-state index in [1.165, 1.54) is 0 Å². The van der Waals surface area contributed by atoms with Gasteiger partial charge in [0.05, 0.1) is 25.9 Å². The van der Waals surface area contributed by atoms with Crippen LogP contribution in [0.2, 0.25) is 0 Å². The van der Waals surface area contributed by atoms with E-state index < -0.39 is 0 Å². The first-order valence-electron chi connectivity index (χ1n) is 9.03. The summed E-state index contributed by atoms with van der Waals surface area (Å²) in [4.78, 5) is 12.9. The summed E-state index contributed by atoms with van der Waals surface area (Å²) in [7, 11) is 3.39. The minimum absolute atomic E-state index is 0.236. The molecule has 0 radical (unpaired) electrons. The molecule has 0 aliphatic carbocycles. The van der Waals surface area contributed by atoms with Crippen LogP contribution in [0, 0.1) is 0 Å². The molecule has 0 fully saturated rings. The molecule has 1 aromatic heterocycles. The molecule has 0 spiro atoms. The van der Waals surface area contributed by atoms with E-state index in [0.717, 1.165) is 17.7 Å². The predicted octanol–water partition coefficient (Wildman–Crippen LogP) is 3.51. The first kappa shape index (κ1) is 17.9. The average molecular weight is 379 g/mol. The molecule has 1 amide bonds. The molecule has 0 saturated carbocycles. The van der Waals surface area contributed by atoms with Gasteiger partial charge in [-0.05, 0) is 42.5 Å². The van der Waals surface area contributed by atoms with Crippen LogP contribution in [0.4, 0.5) is 5.69 Å². The van der Waals surface area contributed by atoms with Crippen molar-refractivity contribution in [2.45, 2.75) is 6.42 Å². The number of aromatic nitrogens is 2. The van der Waals surface area contributed by atoms with E-state index >= 15 is 0 Å². The van der Waals surface area contributed by atoms with E-state index in [0.29, 0.717) is 41.7 Å². The van der Waals surface area contributed by atoms with Crippen molar-refractivity contribution in [3.8, 4) is 28.5 Å². The summed E-state index contributed by atoms with van der Waals surface area (Å²) in [5, 5.41) is 7.38. The number of methoxy groups -OCH3 is 1. The number of carbonyl (C=O) groups excluding carboxylic acids is 1. The number of aryl methyl sites for hydroxylation is 1. The van der Waals surface area contributed by atoms with Gasteiger partial charge in [-0.15, -0.1) is 0 Å². The lowest BCUT2D eigenvalue weighted by Gasteiger charge is -2.10. The van der Waals surface area contributed by atoms with Gasteiger partial charge in [-0.25, -0.2) is 0 Å². The average Bonchev–Trinajstić information content (AvgIpc) is 2.95. The Morgan fingerprint density at radius 3 is 2.61 bits per heavy atom. The van der Waals surface area contributed by atoms with Crippen molar-refractivity contribution in [3.63, 3.8) is 0 Å². The molecule has 4 rings (SSSR count). The number of rotatable bonds is 4. The topological polar surface area (TPSA) is 74.6 Å². The van der Waals surface area contributed by atoms with Crippen molar-refractivity contribution in [2.24, 2.45) is 7.05 Å². The van der Waals surface area contributed by atoms with Gasteiger partial charge >= 0.3 is 0 Å². The molecule has 28 heavy (non-hydrogen) atoms. The Morgan fingerprint density at radius 1 is 1.11 bits per heavy atom. The number of ether oxygens (including phenoxy) is 3. The minimum Gasteiger partial charge on any atom is -0.497 e. The van der Waals surface area contributed by atoms with Gasteiger partial charge in [0.1, 0.15) is 11.4 Å².